The Balaban J connectivity index is 2.42. The molecule has 0 aliphatic rings. The molecular weight excluding hydrogens is 270 g/mol. The van der Waals surface area contributed by atoms with Gasteiger partial charge in [0.05, 0.1) is 20.1 Å². The first-order valence-corrected chi connectivity index (χ1v) is 6.78. The third kappa shape index (κ3) is 2.49. The summed E-state index contributed by atoms with van der Waals surface area (Å²) in [5.74, 6) is -0.816. The van der Waals surface area contributed by atoms with Gasteiger partial charge in [0.15, 0.2) is 0 Å². The Morgan fingerprint density at radius 1 is 1.50 bits per heavy atom. The second-order valence-corrected chi connectivity index (χ2v) is 6.59. The molecule has 0 fully saturated rings. The Morgan fingerprint density at radius 2 is 2.17 bits per heavy atom. The van der Waals surface area contributed by atoms with Crippen LogP contribution < -0.4 is 0 Å². The van der Waals surface area contributed by atoms with Crippen molar-refractivity contribution >= 4 is 39.1 Å². The number of aliphatic carboxylic acids is 1. The number of halogens is 1. The van der Waals surface area contributed by atoms with Gasteiger partial charge >= 0.3 is 5.97 Å². The molecule has 2 aromatic rings. The normalized spacial score (nSPS) is 12.0. The van der Waals surface area contributed by atoms with Crippen LogP contribution >= 0.6 is 22.9 Å². The van der Waals surface area contributed by atoms with Crippen LogP contribution in [-0.4, -0.2) is 16.1 Å². The molecule has 0 atom stereocenters. The van der Waals surface area contributed by atoms with E-state index >= 15 is 0 Å². The number of hydrogen-bond acceptors (Lipinski definition) is 3. The molecule has 2 rings (SSSR count). The van der Waals surface area contributed by atoms with E-state index in [-0.39, 0.29) is 0 Å². The second-order valence-electron chi connectivity index (χ2n) is 5.07. The smallest absolute Gasteiger partial charge is 0.309 e. The molecule has 0 saturated carbocycles. The summed E-state index contributed by atoms with van der Waals surface area (Å²) < 4.78 is 1.01. The van der Waals surface area contributed by atoms with Crippen LogP contribution in [0, 0.1) is 12.3 Å². The fraction of sp³-hybridized carbons (Fsp3) is 0.385. The molecule has 0 aliphatic heterocycles. The van der Waals surface area contributed by atoms with Crippen molar-refractivity contribution in [2.75, 3.05) is 0 Å². The Kier molecular flexibility index (Phi) is 3.34. The lowest BCUT2D eigenvalue weighted by molar-refractivity contribution is -0.146. The molecule has 0 bridgehead atoms. The van der Waals surface area contributed by atoms with Gasteiger partial charge in [0, 0.05) is 6.42 Å². The van der Waals surface area contributed by atoms with Crippen molar-refractivity contribution in [1.82, 2.24) is 4.98 Å². The minimum absolute atomic E-state index is 0.414. The van der Waals surface area contributed by atoms with Crippen LogP contribution in [-0.2, 0) is 11.2 Å². The predicted molar refractivity (Wildman–Crippen MR) is 74.5 cm³/mol. The zero-order valence-corrected chi connectivity index (χ0v) is 12.0. The molecule has 1 aromatic carbocycles. The first kappa shape index (κ1) is 13.3. The second kappa shape index (κ2) is 4.52. The zero-order valence-electron chi connectivity index (χ0n) is 10.5. The van der Waals surface area contributed by atoms with Crippen LogP contribution in [0.2, 0.25) is 5.02 Å². The minimum atomic E-state index is -0.816. The van der Waals surface area contributed by atoms with Gasteiger partial charge < -0.3 is 5.11 Å². The number of carbonyl (C=O) groups is 1. The lowest BCUT2D eigenvalue weighted by Crippen LogP contribution is -2.26. The molecule has 1 N–H and O–H groups in total. The van der Waals surface area contributed by atoms with Crippen molar-refractivity contribution in [2.24, 2.45) is 5.41 Å². The van der Waals surface area contributed by atoms with E-state index in [4.69, 9.17) is 16.7 Å². The van der Waals surface area contributed by atoms with E-state index in [1.54, 1.807) is 13.8 Å². The quantitative estimate of drug-likeness (QED) is 0.929. The van der Waals surface area contributed by atoms with Gasteiger partial charge in [0.25, 0.3) is 0 Å². The minimum Gasteiger partial charge on any atom is -0.481 e. The fourth-order valence-corrected chi connectivity index (χ4v) is 3.39. The number of carboxylic acids is 1. The zero-order chi connectivity index (χ0) is 13.5. The number of aryl methyl sites for hydroxylation is 1. The number of nitrogens with zero attached hydrogens (tertiary/aromatic N) is 1. The maximum absolute atomic E-state index is 11.1. The van der Waals surface area contributed by atoms with Crippen molar-refractivity contribution in [3.8, 4) is 0 Å². The largest absolute Gasteiger partial charge is 0.481 e. The van der Waals surface area contributed by atoms with Crippen molar-refractivity contribution in [3.63, 3.8) is 0 Å². The summed E-state index contributed by atoms with van der Waals surface area (Å²) in [5, 5.41) is 10.6. The standard InChI is InChI=1S/C13H14ClNO2S/c1-7-4-8(14)11-9(5-7)18-10(15-11)6-13(2,3)12(16)17/h4-5H,6H2,1-3H3,(H,16,17). The van der Waals surface area contributed by atoms with Crippen LogP contribution in [0.5, 0.6) is 0 Å². The summed E-state index contributed by atoms with van der Waals surface area (Å²) in [5.41, 5.74) is 1.04. The maximum atomic E-state index is 11.1. The Hall–Kier alpha value is -1.13. The van der Waals surface area contributed by atoms with E-state index in [2.05, 4.69) is 4.98 Å². The lowest BCUT2D eigenvalue weighted by Gasteiger charge is -2.16. The highest BCUT2D eigenvalue weighted by molar-refractivity contribution is 7.18. The molecule has 0 aliphatic carbocycles. The highest BCUT2D eigenvalue weighted by Gasteiger charge is 2.29. The third-order valence-electron chi connectivity index (χ3n) is 2.81. The Labute approximate surface area is 114 Å². The molecule has 0 radical (unpaired) electrons. The van der Waals surface area contributed by atoms with Crippen LogP contribution in [0.4, 0.5) is 0 Å². The van der Waals surface area contributed by atoms with Gasteiger partial charge in [-0.3, -0.25) is 4.79 Å². The average Bonchev–Trinajstić information content (AvgIpc) is 2.59. The molecule has 1 heterocycles. The lowest BCUT2D eigenvalue weighted by atomic mass is 9.90. The van der Waals surface area contributed by atoms with Gasteiger partial charge in [0.2, 0.25) is 0 Å². The van der Waals surface area contributed by atoms with Gasteiger partial charge in [-0.25, -0.2) is 4.98 Å². The van der Waals surface area contributed by atoms with Crippen molar-refractivity contribution < 1.29 is 9.90 Å². The van der Waals surface area contributed by atoms with Gasteiger partial charge in [-0.2, -0.15) is 0 Å². The van der Waals surface area contributed by atoms with E-state index < -0.39 is 11.4 Å². The topological polar surface area (TPSA) is 50.2 Å². The van der Waals surface area contributed by atoms with Gasteiger partial charge in [-0.1, -0.05) is 11.6 Å². The van der Waals surface area contributed by atoms with Crippen molar-refractivity contribution in [1.29, 1.82) is 0 Å². The number of thiazole rings is 1. The molecule has 18 heavy (non-hydrogen) atoms. The van der Waals surface area contributed by atoms with Crippen LogP contribution in [0.1, 0.15) is 24.4 Å². The summed E-state index contributed by atoms with van der Waals surface area (Å²) in [4.78, 5) is 15.6. The van der Waals surface area contributed by atoms with Crippen molar-refractivity contribution in [3.05, 3.63) is 27.7 Å². The SMILES string of the molecule is Cc1cc(Cl)c2nc(CC(C)(C)C(=O)O)sc2c1. The summed E-state index contributed by atoms with van der Waals surface area (Å²) >= 11 is 7.65. The summed E-state index contributed by atoms with van der Waals surface area (Å²) in [6.07, 6.45) is 0.414. The van der Waals surface area contributed by atoms with E-state index in [1.165, 1.54) is 11.3 Å². The maximum Gasteiger partial charge on any atom is 0.309 e. The summed E-state index contributed by atoms with van der Waals surface area (Å²) in [7, 11) is 0. The van der Waals surface area contributed by atoms with E-state index in [9.17, 15) is 4.79 Å². The van der Waals surface area contributed by atoms with E-state index in [0.717, 1.165) is 20.8 Å². The number of benzene rings is 1. The first-order valence-electron chi connectivity index (χ1n) is 5.58. The van der Waals surface area contributed by atoms with Crippen LogP contribution in [0.15, 0.2) is 12.1 Å². The molecule has 0 spiro atoms. The third-order valence-corrected chi connectivity index (χ3v) is 4.10. The Bertz CT molecular complexity index is 619. The number of fused-ring (bicyclic) bond motifs is 1. The predicted octanol–water partition coefficient (Wildman–Crippen LogP) is 3.91. The van der Waals surface area contributed by atoms with Crippen LogP contribution in [0.3, 0.4) is 0 Å². The molecule has 0 amide bonds. The molecule has 0 unspecified atom stereocenters. The monoisotopic (exact) mass is 283 g/mol. The Morgan fingerprint density at radius 3 is 2.78 bits per heavy atom. The number of carboxylic acid groups (broad SMARTS) is 1. The number of hydrogen-bond donors (Lipinski definition) is 1. The molecule has 0 saturated heterocycles. The first-order chi connectivity index (χ1) is 8.29. The highest BCUT2D eigenvalue weighted by Crippen LogP contribution is 2.32. The molecule has 5 heteroatoms. The van der Waals surface area contributed by atoms with E-state index in [1.807, 2.05) is 19.1 Å². The number of aromatic nitrogens is 1. The highest BCUT2D eigenvalue weighted by atomic mass is 35.5. The van der Waals surface area contributed by atoms with Crippen LogP contribution in [0.25, 0.3) is 10.2 Å². The fourth-order valence-electron chi connectivity index (χ4n) is 1.69. The van der Waals surface area contributed by atoms with Crippen molar-refractivity contribution in [2.45, 2.75) is 27.2 Å². The molecular formula is C13H14ClNO2S. The number of rotatable bonds is 3. The summed E-state index contributed by atoms with van der Waals surface area (Å²) in [6.45, 7) is 5.38. The summed E-state index contributed by atoms with van der Waals surface area (Å²) in [6, 6.07) is 3.89. The average molecular weight is 284 g/mol. The molecule has 3 nitrogen and oxygen atoms in total. The molecule has 1 aromatic heterocycles. The van der Waals surface area contributed by atoms with Gasteiger partial charge in [-0.05, 0) is 38.5 Å². The van der Waals surface area contributed by atoms with E-state index in [0.29, 0.717) is 11.4 Å². The van der Waals surface area contributed by atoms with Gasteiger partial charge in [-0.15, -0.1) is 11.3 Å². The van der Waals surface area contributed by atoms with Gasteiger partial charge in [0.1, 0.15) is 5.52 Å². The molecule has 96 valence electrons.